The van der Waals surface area contributed by atoms with Crippen molar-refractivity contribution in [2.75, 3.05) is 13.7 Å². The zero-order chi connectivity index (χ0) is 12.3. The number of aryl methyl sites for hydroxylation is 1. The number of nitrogens with two attached hydrogens (primary N) is 1. The molecule has 5 nitrogen and oxygen atoms in total. The van der Waals surface area contributed by atoms with Crippen molar-refractivity contribution in [3.05, 3.63) is 17.5 Å². The SMILES string of the molecule is COC(=O)c1cnn(C)c1C(C)(C)CCN. The Morgan fingerprint density at radius 2 is 2.25 bits per heavy atom. The second-order valence-corrected chi connectivity index (χ2v) is 4.44. The molecule has 0 aliphatic carbocycles. The largest absolute Gasteiger partial charge is 0.465 e. The van der Waals surface area contributed by atoms with Crippen LogP contribution in [0.3, 0.4) is 0 Å². The van der Waals surface area contributed by atoms with Crippen molar-refractivity contribution in [3.8, 4) is 0 Å². The monoisotopic (exact) mass is 225 g/mol. The van der Waals surface area contributed by atoms with Gasteiger partial charge in [-0.25, -0.2) is 4.79 Å². The van der Waals surface area contributed by atoms with E-state index in [1.807, 2.05) is 20.9 Å². The molecule has 5 heteroatoms. The van der Waals surface area contributed by atoms with E-state index in [1.165, 1.54) is 7.11 Å². The van der Waals surface area contributed by atoms with Gasteiger partial charge in [-0.2, -0.15) is 5.10 Å². The summed E-state index contributed by atoms with van der Waals surface area (Å²) in [5.74, 6) is -0.354. The highest BCUT2D eigenvalue weighted by Gasteiger charge is 2.29. The minimum absolute atomic E-state index is 0.191. The van der Waals surface area contributed by atoms with E-state index in [1.54, 1.807) is 10.9 Å². The zero-order valence-corrected chi connectivity index (χ0v) is 10.3. The standard InChI is InChI=1S/C11H19N3O2/c1-11(2,5-6-12)9-8(10(15)16-4)7-13-14(9)3/h7H,5-6,12H2,1-4H3. The summed E-state index contributed by atoms with van der Waals surface area (Å²) in [5, 5.41) is 4.11. The van der Waals surface area contributed by atoms with E-state index in [0.717, 1.165) is 12.1 Å². The Balaban J connectivity index is 3.20. The molecular weight excluding hydrogens is 206 g/mol. The molecule has 1 heterocycles. The Morgan fingerprint density at radius 1 is 1.62 bits per heavy atom. The van der Waals surface area contributed by atoms with Crippen molar-refractivity contribution < 1.29 is 9.53 Å². The smallest absolute Gasteiger partial charge is 0.341 e. The van der Waals surface area contributed by atoms with E-state index >= 15 is 0 Å². The molecule has 0 bridgehead atoms. The first kappa shape index (κ1) is 12.7. The second-order valence-electron chi connectivity index (χ2n) is 4.44. The topological polar surface area (TPSA) is 70.1 Å². The van der Waals surface area contributed by atoms with Gasteiger partial charge in [0, 0.05) is 12.5 Å². The van der Waals surface area contributed by atoms with Gasteiger partial charge in [0.1, 0.15) is 5.56 Å². The van der Waals surface area contributed by atoms with Gasteiger partial charge in [0.05, 0.1) is 19.0 Å². The van der Waals surface area contributed by atoms with Crippen LogP contribution in [0.5, 0.6) is 0 Å². The molecule has 1 aromatic heterocycles. The molecule has 0 amide bonds. The number of carbonyl (C=O) groups excluding carboxylic acids is 1. The fourth-order valence-corrected chi connectivity index (χ4v) is 1.98. The van der Waals surface area contributed by atoms with Crippen LogP contribution in [-0.4, -0.2) is 29.4 Å². The maximum absolute atomic E-state index is 11.6. The number of esters is 1. The van der Waals surface area contributed by atoms with Crippen molar-refractivity contribution in [2.24, 2.45) is 12.8 Å². The first-order chi connectivity index (χ1) is 7.44. The number of carbonyl (C=O) groups is 1. The van der Waals surface area contributed by atoms with Crippen LogP contribution >= 0.6 is 0 Å². The number of hydrogen-bond donors (Lipinski definition) is 1. The summed E-state index contributed by atoms with van der Waals surface area (Å²) in [6, 6.07) is 0. The molecule has 0 unspecified atom stereocenters. The van der Waals surface area contributed by atoms with Crippen molar-refractivity contribution >= 4 is 5.97 Å². The fraction of sp³-hybridized carbons (Fsp3) is 0.636. The van der Waals surface area contributed by atoms with Gasteiger partial charge >= 0.3 is 5.97 Å². The van der Waals surface area contributed by atoms with E-state index in [9.17, 15) is 4.79 Å². The van der Waals surface area contributed by atoms with Gasteiger partial charge in [-0.15, -0.1) is 0 Å². The lowest BCUT2D eigenvalue weighted by molar-refractivity contribution is 0.0597. The number of aromatic nitrogens is 2. The van der Waals surface area contributed by atoms with Crippen molar-refractivity contribution in [1.29, 1.82) is 0 Å². The fourth-order valence-electron chi connectivity index (χ4n) is 1.98. The predicted octanol–water partition coefficient (Wildman–Crippen LogP) is 0.833. The third-order valence-corrected chi connectivity index (χ3v) is 2.75. The van der Waals surface area contributed by atoms with E-state index < -0.39 is 0 Å². The number of rotatable bonds is 4. The maximum atomic E-state index is 11.6. The van der Waals surface area contributed by atoms with Crippen LogP contribution in [0.1, 0.15) is 36.3 Å². The molecule has 0 radical (unpaired) electrons. The number of nitrogens with zero attached hydrogens (tertiary/aromatic N) is 2. The van der Waals surface area contributed by atoms with Crippen LogP contribution in [0, 0.1) is 0 Å². The van der Waals surface area contributed by atoms with Gasteiger partial charge in [-0.1, -0.05) is 13.8 Å². The molecule has 0 saturated carbocycles. The second kappa shape index (κ2) is 4.65. The molecule has 0 saturated heterocycles. The Morgan fingerprint density at radius 3 is 2.75 bits per heavy atom. The Bertz CT molecular complexity index is 383. The van der Waals surface area contributed by atoms with Crippen molar-refractivity contribution in [1.82, 2.24) is 9.78 Å². The quantitative estimate of drug-likeness (QED) is 0.771. The van der Waals surface area contributed by atoms with E-state index in [4.69, 9.17) is 10.5 Å². The van der Waals surface area contributed by atoms with Gasteiger partial charge in [-0.3, -0.25) is 4.68 Å². The molecule has 0 aliphatic rings. The predicted molar refractivity (Wildman–Crippen MR) is 61.2 cm³/mol. The third-order valence-electron chi connectivity index (χ3n) is 2.75. The van der Waals surface area contributed by atoms with Gasteiger partial charge in [0.25, 0.3) is 0 Å². The van der Waals surface area contributed by atoms with E-state index in [0.29, 0.717) is 12.1 Å². The molecule has 0 spiro atoms. The normalized spacial score (nSPS) is 11.6. The van der Waals surface area contributed by atoms with Crippen molar-refractivity contribution in [2.45, 2.75) is 25.7 Å². The highest BCUT2D eigenvalue weighted by Crippen LogP contribution is 2.29. The molecule has 0 aromatic carbocycles. The van der Waals surface area contributed by atoms with Gasteiger partial charge < -0.3 is 10.5 Å². The first-order valence-electron chi connectivity index (χ1n) is 5.25. The zero-order valence-electron chi connectivity index (χ0n) is 10.3. The Hall–Kier alpha value is -1.36. The highest BCUT2D eigenvalue weighted by atomic mass is 16.5. The first-order valence-corrected chi connectivity index (χ1v) is 5.25. The molecule has 1 rings (SSSR count). The number of hydrogen-bond acceptors (Lipinski definition) is 4. The molecular formula is C11H19N3O2. The lowest BCUT2D eigenvalue weighted by atomic mass is 9.83. The summed E-state index contributed by atoms with van der Waals surface area (Å²) in [6.07, 6.45) is 2.33. The molecule has 16 heavy (non-hydrogen) atoms. The molecule has 0 atom stereocenters. The van der Waals surface area contributed by atoms with Crippen LogP contribution in [-0.2, 0) is 17.2 Å². The van der Waals surface area contributed by atoms with E-state index in [2.05, 4.69) is 5.10 Å². The lowest BCUT2D eigenvalue weighted by Crippen LogP contribution is -2.27. The van der Waals surface area contributed by atoms with E-state index in [-0.39, 0.29) is 11.4 Å². The molecule has 2 N–H and O–H groups in total. The minimum atomic E-state index is -0.354. The summed E-state index contributed by atoms with van der Waals surface area (Å²) in [4.78, 5) is 11.6. The third kappa shape index (κ3) is 2.24. The van der Waals surface area contributed by atoms with Crippen LogP contribution in [0.4, 0.5) is 0 Å². The van der Waals surface area contributed by atoms with Gasteiger partial charge in [0.2, 0.25) is 0 Å². The molecule has 90 valence electrons. The number of ether oxygens (including phenoxy) is 1. The summed E-state index contributed by atoms with van der Waals surface area (Å²) in [5.41, 5.74) is 6.78. The summed E-state index contributed by atoms with van der Waals surface area (Å²) >= 11 is 0. The van der Waals surface area contributed by atoms with Crippen LogP contribution < -0.4 is 5.73 Å². The maximum Gasteiger partial charge on any atom is 0.341 e. The van der Waals surface area contributed by atoms with Crippen LogP contribution in [0.25, 0.3) is 0 Å². The lowest BCUT2D eigenvalue weighted by Gasteiger charge is -2.25. The minimum Gasteiger partial charge on any atom is -0.465 e. The van der Waals surface area contributed by atoms with Gasteiger partial charge in [0.15, 0.2) is 0 Å². The Kier molecular flexibility index (Phi) is 3.70. The molecule has 0 aliphatic heterocycles. The van der Waals surface area contributed by atoms with Crippen LogP contribution in [0.2, 0.25) is 0 Å². The summed E-state index contributed by atoms with van der Waals surface area (Å²) in [6.45, 7) is 4.66. The summed E-state index contributed by atoms with van der Waals surface area (Å²) in [7, 11) is 3.19. The molecule has 1 aromatic rings. The summed E-state index contributed by atoms with van der Waals surface area (Å²) < 4.78 is 6.45. The van der Waals surface area contributed by atoms with Crippen molar-refractivity contribution in [3.63, 3.8) is 0 Å². The average Bonchev–Trinajstić information content (AvgIpc) is 2.59. The number of methoxy groups -OCH3 is 1. The Labute approximate surface area is 95.6 Å². The highest BCUT2D eigenvalue weighted by molar-refractivity contribution is 5.90. The molecule has 0 fully saturated rings. The van der Waals surface area contributed by atoms with Crippen LogP contribution in [0.15, 0.2) is 6.20 Å². The van der Waals surface area contributed by atoms with Gasteiger partial charge in [-0.05, 0) is 13.0 Å². The average molecular weight is 225 g/mol.